The first-order valence-electron chi connectivity index (χ1n) is 6.80. The molecule has 0 amide bonds. The average molecular weight is 341 g/mol. The number of ether oxygens (including phenoxy) is 1. The fourth-order valence-corrected chi connectivity index (χ4v) is 3.67. The number of nitriles is 1. The highest BCUT2D eigenvalue weighted by atomic mass is 32.2. The van der Waals surface area contributed by atoms with Crippen LogP contribution in [0.1, 0.15) is 15.9 Å². The Morgan fingerprint density at radius 1 is 1.25 bits per heavy atom. The van der Waals surface area contributed by atoms with E-state index in [2.05, 4.69) is 9.72 Å². The molecule has 3 aromatic rings. The van der Waals surface area contributed by atoms with Gasteiger partial charge in [-0.1, -0.05) is 18.2 Å². The van der Waals surface area contributed by atoms with Crippen LogP contribution in [0, 0.1) is 11.3 Å². The third-order valence-corrected chi connectivity index (χ3v) is 5.18. The van der Waals surface area contributed by atoms with E-state index >= 15 is 0 Å². The number of nitrogens with zero attached hydrogens (tertiary/aromatic N) is 3. The van der Waals surface area contributed by atoms with Gasteiger partial charge in [-0.15, -0.1) is 0 Å². The number of esters is 1. The Morgan fingerprint density at radius 2 is 1.96 bits per heavy atom. The average Bonchev–Trinajstić information content (AvgIpc) is 3.05. The molecule has 0 spiro atoms. The highest BCUT2D eigenvalue weighted by Crippen LogP contribution is 2.25. The molecule has 120 valence electrons. The minimum atomic E-state index is -3.86. The fraction of sp³-hybridized carbons (Fsp3) is 0.0625. The van der Waals surface area contributed by atoms with Crippen molar-refractivity contribution in [2.24, 2.45) is 0 Å². The summed E-state index contributed by atoms with van der Waals surface area (Å²) in [6, 6.07) is 11.2. The summed E-state index contributed by atoms with van der Waals surface area (Å²) in [5.74, 6) is -0.709. The van der Waals surface area contributed by atoms with Crippen LogP contribution in [-0.4, -0.2) is 30.5 Å². The number of carbonyl (C=O) groups is 1. The lowest BCUT2D eigenvalue weighted by Gasteiger charge is -2.08. The molecular weight excluding hydrogens is 330 g/mol. The van der Waals surface area contributed by atoms with Gasteiger partial charge in [-0.25, -0.2) is 22.2 Å². The summed E-state index contributed by atoms with van der Waals surface area (Å²) in [5, 5.41) is 9.61. The van der Waals surface area contributed by atoms with Gasteiger partial charge in [-0.3, -0.25) is 0 Å². The highest BCUT2D eigenvalue weighted by Gasteiger charge is 2.23. The van der Waals surface area contributed by atoms with E-state index in [0.717, 1.165) is 10.2 Å². The van der Waals surface area contributed by atoms with E-state index < -0.39 is 16.0 Å². The van der Waals surface area contributed by atoms with E-state index in [-0.39, 0.29) is 27.1 Å². The molecule has 3 rings (SSSR count). The van der Waals surface area contributed by atoms with Crippen LogP contribution < -0.4 is 0 Å². The monoisotopic (exact) mass is 341 g/mol. The fourth-order valence-electron chi connectivity index (χ4n) is 2.35. The molecule has 0 saturated carbocycles. The summed E-state index contributed by atoms with van der Waals surface area (Å²) in [7, 11) is -2.66. The van der Waals surface area contributed by atoms with Crippen molar-refractivity contribution in [3.8, 4) is 6.07 Å². The first-order chi connectivity index (χ1) is 11.5. The van der Waals surface area contributed by atoms with Crippen molar-refractivity contribution in [2.75, 3.05) is 7.11 Å². The van der Waals surface area contributed by atoms with Crippen molar-refractivity contribution in [2.45, 2.75) is 4.90 Å². The van der Waals surface area contributed by atoms with E-state index in [1.54, 1.807) is 18.2 Å². The van der Waals surface area contributed by atoms with Crippen LogP contribution in [0.25, 0.3) is 11.0 Å². The number of benzene rings is 1. The Labute approximate surface area is 137 Å². The van der Waals surface area contributed by atoms with Crippen LogP contribution in [0.5, 0.6) is 0 Å². The van der Waals surface area contributed by atoms with Crippen LogP contribution >= 0.6 is 0 Å². The lowest BCUT2D eigenvalue weighted by Crippen LogP contribution is -2.13. The van der Waals surface area contributed by atoms with Gasteiger partial charge in [0.1, 0.15) is 6.07 Å². The molecule has 0 atom stereocenters. The molecule has 0 radical (unpaired) electrons. The van der Waals surface area contributed by atoms with Gasteiger partial charge in [-0.2, -0.15) is 5.26 Å². The zero-order valence-corrected chi connectivity index (χ0v) is 13.3. The summed E-state index contributed by atoms with van der Waals surface area (Å²) < 4.78 is 31.1. The minimum Gasteiger partial charge on any atom is -0.465 e. The number of methoxy groups -OCH3 is 1. The maximum absolute atomic E-state index is 12.7. The van der Waals surface area contributed by atoms with E-state index in [1.165, 1.54) is 31.5 Å². The third kappa shape index (κ3) is 2.31. The second kappa shape index (κ2) is 5.79. The van der Waals surface area contributed by atoms with E-state index in [0.29, 0.717) is 0 Å². The van der Waals surface area contributed by atoms with E-state index in [4.69, 9.17) is 0 Å². The molecule has 0 aliphatic heterocycles. The van der Waals surface area contributed by atoms with Gasteiger partial charge in [-0.05, 0) is 18.2 Å². The van der Waals surface area contributed by atoms with Crippen LogP contribution in [0.3, 0.4) is 0 Å². The van der Waals surface area contributed by atoms with E-state index in [9.17, 15) is 18.5 Å². The standard InChI is InChI=1S/C16H11N3O4S/c1-23-16(20)14-10-18-15-12(13(14)9-17)7-8-19(15)24(21,22)11-5-3-2-4-6-11/h2-8,10H,1H3. The second-order valence-electron chi connectivity index (χ2n) is 4.82. The number of fused-ring (bicyclic) bond motifs is 1. The maximum atomic E-state index is 12.7. The number of pyridine rings is 1. The molecule has 7 nitrogen and oxygen atoms in total. The highest BCUT2D eigenvalue weighted by molar-refractivity contribution is 7.90. The molecule has 0 unspecified atom stereocenters. The number of rotatable bonds is 3. The molecule has 0 aliphatic carbocycles. The number of carbonyl (C=O) groups excluding carboxylic acids is 1. The summed E-state index contributed by atoms with van der Waals surface area (Å²) in [4.78, 5) is 15.9. The van der Waals surface area contributed by atoms with Crippen molar-refractivity contribution < 1.29 is 17.9 Å². The van der Waals surface area contributed by atoms with Gasteiger partial charge in [0.2, 0.25) is 0 Å². The zero-order chi connectivity index (χ0) is 17.3. The summed E-state index contributed by atoms with van der Waals surface area (Å²) in [6.45, 7) is 0. The Balaban J connectivity index is 2.27. The van der Waals surface area contributed by atoms with Gasteiger partial charge < -0.3 is 4.74 Å². The normalized spacial score (nSPS) is 11.2. The SMILES string of the molecule is COC(=O)c1cnc2c(ccn2S(=O)(=O)c2ccccc2)c1C#N. The largest absolute Gasteiger partial charge is 0.465 e. The first-order valence-corrected chi connectivity index (χ1v) is 8.24. The van der Waals surface area contributed by atoms with Gasteiger partial charge in [0.05, 0.1) is 23.1 Å². The molecule has 24 heavy (non-hydrogen) atoms. The number of hydrogen-bond donors (Lipinski definition) is 0. The zero-order valence-electron chi connectivity index (χ0n) is 12.5. The molecule has 2 heterocycles. The molecule has 0 saturated heterocycles. The molecule has 2 aromatic heterocycles. The first kappa shape index (κ1) is 15.7. The van der Waals surface area contributed by atoms with Gasteiger partial charge in [0.15, 0.2) is 5.65 Å². The van der Waals surface area contributed by atoms with Crippen molar-refractivity contribution in [3.63, 3.8) is 0 Å². The Kier molecular flexibility index (Phi) is 3.79. The topological polar surface area (TPSA) is 102 Å². The second-order valence-corrected chi connectivity index (χ2v) is 6.63. The van der Waals surface area contributed by atoms with Crippen LogP contribution in [0.2, 0.25) is 0 Å². The lowest BCUT2D eigenvalue weighted by molar-refractivity contribution is 0.0600. The predicted molar refractivity (Wildman–Crippen MR) is 84.8 cm³/mol. The smallest absolute Gasteiger partial charge is 0.340 e. The van der Waals surface area contributed by atoms with Crippen molar-refractivity contribution in [1.29, 1.82) is 5.26 Å². The molecule has 1 aromatic carbocycles. The Hall–Kier alpha value is -3.18. The molecule has 0 N–H and O–H groups in total. The van der Waals surface area contributed by atoms with Crippen LogP contribution in [0.15, 0.2) is 53.7 Å². The summed E-state index contributed by atoms with van der Waals surface area (Å²) >= 11 is 0. The van der Waals surface area contributed by atoms with Gasteiger partial charge in [0.25, 0.3) is 10.0 Å². The quantitative estimate of drug-likeness (QED) is 0.675. The van der Waals surface area contributed by atoms with Crippen molar-refractivity contribution >= 4 is 27.0 Å². The van der Waals surface area contributed by atoms with Crippen LogP contribution in [-0.2, 0) is 14.8 Å². The maximum Gasteiger partial charge on any atom is 0.340 e. The number of aromatic nitrogens is 2. The van der Waals surface area contributed by atoms with Gasteiger partial charge >= 0.3 is 5.97 Å². The van der Waals surface area contributed by atoms with Crippen molar-refractivity contribution in [1.82, 2.24) is 8.96 Å². The Bertz CT molecular complexity index is 1080. The Morgan fingerprint density at radius 3 is 2.58 bits per heavy atom. The molecule has 0 aliphatic rings. The predicted octanol–water partition coefficient (Wildman–Crippen LogP) is 1.93. The van der Waals surface area contributed by atoms with Gasteiger partial charge in [0, 0.05) is 17.8 Å². The third-order valence-electron chi connectivity index (χ3n) is 3.50. The van der Waals surface area contributed by atoms with E-state index in [1.807, 2.05) is 6.07 Å². The molecule has 0 bridgehead atoms. The minimum absolute atomic E-state index is 0.0117. The lowest BCUT2D eigenvalue weighted by atomic mass is 10.1. The molecule has 8 heteroatoms. The summed E-state index contributed by atoms with van der Waals surface area (Å²) in [6.07, 6.45) is 2.45. The van der Waals surface area contributed by atoms with Crippen molar-refractivity contribution in [3.05, 3.63) is 59.9 Å². The molecular formula is C16H11N3O4S. The molecule has 0 fully saturated rings. The summed E-state index contributed by atoms with van der Waals surface area (Å²) in [5.41, 5.74) is 0.0827. The van der Waals surface area contributed by atoms with Crippen LogP contribution in [0.4, 0.5) is 0 Å². The number of hydrogen-bond acceptors (Lipinski definition) is 6.